The molecule has 0 amide bonds. The fourth-order valence-corrected chi connectivity index (χ4v) is 4.60. The molecule has 2 heterocycles. The molecule has 2 aliphatic rings. The van der Waals surface area contributed by atoms with E-state index < -0.39 is 11.6 Å². The summed E-state index contributed by atoms with van der Waals surface area (Å²) in [6.07, 6.45) is 2.51. The molecule has 5 nitrogen and oxygen atoms in total. The molecule has 1 fully saturated rings. The Morgan fingerprint density at radius 3 is 2.72 bits per heavy atom. The van der Waals surface area contributed by atoms with Crippen molar-refractivity contribution in [2.75, 3.05) is 11.5 Å². The molecule has 0 spiro atoms. The van der Waals surface area contributed by atoms with E-state index in [1.807, 2.05) is 48.2 Å². The zero-order chi connectivity index (χ0) is 20.6. The highest BCUT2D eigenvalue weighted by Crippen LogP contribution is 2.49. The molecule has 4 rings (SSSR count). The van der Waals surface area contributed by atoms with Crippen LogP contribution in [0.2, 0.25) is 0 Å². The van der Waals surface area contributed by atoms with Crippen LogP contribution < -0.4 is 15.0 Å². The van der Waals surface area contributed by atoms with Crippen molar-refractivity contribution in [3.05, 3.63) is 72.3 Å². The SMILES string of the molecule is C=CCOC(=O)[C@@H]1[C@H]2NC(=S)N(c3ccc(CC)cc3)[C@@]1(C)Oc1ccccc12. The number of nitrogens with zero attached hydrogens (tertiary/aromatic N) is 1. The van der Waals surface area contributed by atoms with Gasteiger partial charge in [0, 0.05) is 11.3 Å². The first-order chi connectivity index (χ1) is 14.0. The van der Waals surface area contributed by atoms with Crippen LogP contribution in [-0.4, -0.2) is 23.4 Å². The van der Waals surface area contributed by atoms with Crippen molar-refractivity contribution in [1.29, 1.82) is 0 Å². The third-order valence-electron chi connectivity index (χ3n) is 5.61. The highest BCUT2D eigenvalue weighted by Gasteiger charge is 2.59. The van der Waals surface area contributed by atoms with Gasteiger partial charge in [-0.25, -0.2) is 0 Å². The Hall–Kier alpha value is -2.86. The summed E-state index contributed by atoms with van der Waals surface area (Å²) in [5.74, 6) is -0.232. The second kappa shape index (κ2) is 7.52. The minimum atomic E-state index is -1.03. The molecule has 0 aromatic heterocycles. The molecule has 2 aliphatic heterocycles. The van der Waals surface area contributed by atoms with Crippen molar-refractivity contribution in [3.8, 4) is 5.75 Å². The Morgan fingerprint density at radius 1 is 1.31 bits per heavy atom. The van der Waals surface area contributed by atoms with E-state index >= 15 is 0 Å². The van der Waals surface area contributed by atoms with Gasteiger partial charge in [0.05, 0.1) is 6.04 Å². The molecule has 29 heavy (non-hydrogen) atoms. The van der Waals surface area contributed by atoms with Crippen LogP contribution in [0.25, 0.3) is 0 Å². The minimum Gasteiger partial charge on any atom is -0.466 e. The van der Waals surface area contributed by atoms with Crippen LogP contribution in [0, 0.1) is 5.92 Å². The number of anilines is 1. The maximum atomic E-state index is 13.1. The number of hydrogen-bond acceptors (Lipinski definition) is 4. The third-order valence-corrected chi connectivity index (χ3v) is 5.91. The first kappa shape index (κ1) is 19.5. The van der Waals surface area contributed by atoms with Gasteiger partial charge in [0.15, 0.2) is 5.11 Å². The van der Waals surface area contributed by atoms with Crippen LogP contribution in [0.15, 0.2) is 61.2 Å². The first-order valence-electron chi connectivity index (χ1n) is 9.74. The second-order valence-corrected chi connectivity index (χ2v) is 7.76. The fraction of sp³-hybridized carbons (Fsp3) is 0.304. The van der Waals surface area contributed by atoms with Gasteiger partial charge in [0.25, 0.3) is 0 Å². The molecule has 6 heteroatoms. The monoisotopic (exact) mass is 408 g/mol. The number of esters is 1. The number of nitrogens with one attached hydrogen (secondary N) is 1. The van der Waals surface area contributed by atoms with E-state index in [-0.39, 0.29) is 18.6 Å². The predicted molar refractivity (Wildman–Crippen MR) is 117 cm³/mol. The number of carbonyl (C=O) groups is 1. The fourth-order valence-electron chi connectivity index (χ4n) is 4.19. The summed E-state index contributed by atoms with van der Waals surface area (Å²) < 4.78 is 11.9. The predicted octanol–water partition coefficient (Wildman–Crippen LogP) is 4.14. The first-order valence-corrected chi connectivity index (χ1v) is 10.2. The molecule has 0 aliphatic carbocycles. The lowest BCUT2D eigenvalue weighted by atomic mass is 9.79. The zero-order valence-corrected chi connectivity index (χ0v) is 17.4. The van der Waals surface area contributed by atoms with Crippen molar-refractivity contribution in [2.24, 2.45) is 5.92 Å². The van der Waals surface area contributed by atoms with E-state index in [4.69, 9.17) is 21.7 Å². The average Bonchev–Trinajstić information content (AvgIpc) is 2.72. The minimum absolute atomic E-state index is 0.148. The third kappa shape index (κ3) is 3.17. The van der Waals surface area contributed by atoms with Crippen LogP contribution in [0.4, 0.5) is 5.69 Å². The summed E-state index contributed by atoms with van der Waals surface area (Å²) >= 11 is 5.72. The lowest BCUT2D eigenvalue weighted by Crippen LogP contribution is -2.71. The Morgan fingerprint density at radius 2 is 2.03 bits per heavy atom. The smallest absolute Gasteiger partial charge is 0.317 e. The van der Waals surface area contributed by atoms with Crippen molar-refractivity contribution in [3.63, 3.8) is 0 Å². The number of benzene rings is 2. The topological polar surface area (TPSA) is 50.8 Å². The number of thiocarbonyl (C=S) groups is 1. The average molecular weight is 409 g/mol. The van der Waals surface area contributed by atoms with Gasteiger partial charge in [-0.15, -0.1) is 0 Å². The molecule has 0 unspecified atom stereocenters. The van der Waals surface area contributed by atoms with Crippen molar-refractivity contribution < 1.29 is 14.3 Å². The van der Waals surface area contributed by atoms with Gasteiger partial charge in [-0.3, -0.25) is 9.69 Å². The quantitative estimate of drug-likeness (QED) is 0.456. The highest BCUT2D eigenvalue weighted by molar-refractivity contribution is 7.80. The van der Waals surface area contributed by atoms with Crippen molar-refractivity contribution in [2.45, 2.75) is 32.0 Å². The van der Waals surface area contributed by atoms with Crippen LogP contribution in [-0.2, 0) is 16.0 Å². The number of hydrogen-bond donors (Lipinski definition) is 1. The van der Waals surface area contributed by atoms with Gasteiger partial charge in [-0.1, -0.05) is 49.9 Å². The number of para-hydroxylation sites is 1. The van der Waals surface area contributed by atoms with E-state index in [1.165, 1.54) is 5.56 Å². The molecule has 150 valence electrons. The van der Waals surface area contributed by atoms with Crippen molar-refractivity contribution >= 4 is 29.0 Å². The van der Waals surface area contributed by atoms with Gasteiger partial charge in [-0.05, 0) is 49.3 Å². The molecule has 2 bridgehead atoms. The Balaban J connectivity index is 1.83. The summed E-state index contributed by atoms with van der Waals surface area (Å²) in [5, 5.41) is 3.88. The normalized spacial score (nSPS) is 24.8. The van der Waals surface area contributed by atoms with Gasteiger partial charge in [-0.2, -0.15) is 0 Å². The Labute approximate surface area is 176 Å². The van der Waals surface area contributed by atoms with Gasteiger partial charge >= 0.3 is 5.97 Å². The van der Waals surface area contributed by atoms with Crippen LogP contribution in [0.5, 0.6) is 5.75 Å². The largest absolute Gasteiger partial charge is 0.466 e. The van der Waals surface area contributed by atoms with Gasteiger partial charge < -0.3 is 14.8 Å². The zero-order valence-electron chi connectivity index (χ0n) is 16.6. The molecule has 0 radical (unpaired) electrons. The molecular weight excluding hydrogens is 384 g/mol. The van der Waals surface area contributed by atoms with E-state index in [2.05, 4.69) is 31.0 Å². The lowest BCUT2D eigenvalue weighted by molar-refractivity contribution is -0.159. The molecule has 2 aromatic carbocycles. The second-order valence-electron chi connectivity index (χ2n) is 7.37. The molecule has 3 atom stereocenters. The number of aryl methyl sites for hydroxylation is 1. The van der Waals surface area contributed by atoms with Crippen LogP contribution in [0.1, 0.15) is 31.0 Å². The van der Waals surface area contributed by atoms with Gasteiger partial charge in [0.1, 0.15) is 18.3 Å². The number of carbonyl (C=O) groups excluding carboxylic acids is 1. The van der Waals surface area contributed by atoms with Gasteiger partial charge in [0.2, 0.25) is 5.72 Å². The summed E-state index contributed by atoms with van der Waals surface area (Å²) in [7, 11) is 0. The number of fused-ring (bicyclic) bond motifs is 4. The van der Waals surface area contributed by atoms with Crippen molar-refractivity contribution in [1.82, 2.24) is 5.32 Å². The molecule has 0 saturated carbocycles. The summed E-state index contributed by atoms with van der Waals surface area (Å²) in [6.45, 7) is 7.80. The van der Waals surface area contributed by atoms with Crippen LogP contribution in [0.3, 0.4) is 0 Å². The summed E-state index contributed by atoms with van der Waals surface area (Å²) in [5.41, 5.74) is 1.95. The summed E-state index contributed by atoms with van der Waals surface area (Å²) in [4.78, 5) is 15.0. The molecule has 1 saturated heterocycles. The number of ether oxygens (including phenoxy) is 2. The summed E-state index contributed by atoms with van der Waals surface area (Å²) in [6, 6.07) is 15.5. The maximum Gasteiger partial charge on any atom is 0.317 e. The van der Waals surface area contributed by atoms with E-state index in [0.717, 1.165) is 23.4 Å². The number of rotatable bonds is 5. The van der Waals surface area contributed by atoms with E-state index in [9.17, 15) is 4.79 Å². The molecular formula is C23H24N2O3S. The Bertz CT molecular complexity index is 959. The van der Waals surface area contributed by atoms with E-state index in [0.29, 0.717) is 5.11 Å². The maximum absolute atomic E-state index is 13.1. The Kier molecular flexibility index (Phi) is 5.04. The lowest BCUT2D eigenvalue weighted by Gasteiger charge is -2.55. The molecule has 1 N–H and O–H groups in total. The molecule has 2 aromatic rings. The van der Waals surface area contributed by atoms with E-state index in [1.54, 1.807) is 6.08 Å². The standard InChI is InChI=1S/C23H24N2O3S/c1-4-14-27-21(26)19-20-17-8-6-7-9-18(17)28-23(19,3)25(22(29)24-20)16-12-10-15(5-2)11-13-16/h4,6-13,19-20H,1,5,14H2,2-3H3,(H,24,29)/t19-,20-,23-/m0/s1. The van der Waals surface area contributed by atoms with Crippen LogP contribution >= 0.6 is 12.2 Å². The highest BCUT2D eigenvalue weighted by atomic mass is 32.1.